The van der Waals surface area contributed by atoms with Crippen LogP contribution in [0.3, 0.4) is 0 Å². The molecule has 4 rings (SSSR count). The Hall–Kier alpha value is -4.63. The van der Waals surface area contributed by atoms with Crippen molar-refractivity contribution < 1.29 is 27.5 Å². The highest BCUT2D eigenvalue weighted by Crippen LogP contribution is 2.28. The normalized spacial score (nSPS) is 10.9. The van der Waals surface area contributed by atoms with E-state index in [2.05, 4.69) is 5.32 Å². The van der Waals surface area contributed by atoms with Gasteiger partial charge in [0.2, 0.25) is 5.91 Å². The first-order valence-corrected chi connectivity index (χ1v) is 13.1. The van der Waals surface area contributed by atoms with Crippen molar-refractivity contribution in [3.63, 3.8) is 0 Å². The molecule has 0 atom stereocenters. The number of ether oxygens (including phenoxy) is 2. The highest BCUT2D eigenvalue weighted by atomic mass is 32.2. The summed E-state index contributed by atoms with van der Waals surface area (Å²) in [7, 11) is -2.82. The lowest BCUT2D eigenvalue weighted by atomic mass is 10.1. The van der Waals surface area contributed by atoms with Crippen molar-refractivity contribution in [2.24, 2.45) is 0 Å². The van der Waals surface area contributed by atoms with Crippen LogP contribution in [-0.2, 0) is 19.6 Å². The van der Waals surface area contributed by atoms with Gasteiger partial charge in [0.1, 0.15) is 18.0 Å². The van der Waals surface area contributed by atoms with Crippen LogP contribution in [-0.4, -0.2) is 33.9 Å². The van der Waals surface area contributed by atoms with Crippen molar-refractivity contribution in [2.45, 2.75) is 11.8 Å². The van der Waals surface area contributed by atoms with E-state index >= 15 is 0 Å². The fourth-order valence-electron chi connectivity index (χ4n) is 3.76. The Morgan fingerprint density at radius 1 is 0.789 bits per heavy atom. The molecule has 0 aromatic heterocycles. The van der Waals surface area contributed by atoms with Crippen molar-refractivity contribution in [3.8, 4) is 11.5 Å². The Bertz CT molecular complexity index is 1520. The van der Waals surface area contributed by atoms with Crippen LogP contribution in [0.5, 0.6) is 11.5 Å². The van der Waals surface area contributed by atoms with Crippen molar-refractivity contribution in [2.75, 3.05) is 23.3 Å². The Labute approximate surface area is 221 Å². The highest BCUT2D eigenvalue weighted by molar-refractivity contribution is 7.92. The molecule has 0 heterocycles. The van der Waals surface area contributed by atoms with Gasteiger partial charge in [0.05, 0.1) is 23.3 Å². The summed E-state index contributed by atoms with van der Waals surface area (Å²) in [5.74, 6) is 0.0265. The van der Waals surface area contributed by atoms with Gasteiger partial charge in [-0.2, -0.15) is 0 Å². The average Bonchev–Trinajstić information content (AvgIpc) is 2.94. The topological polar surface area (TPSA) is 102 Å². The molecule has 0 saturated heterocycles. The van der Waals surface area contributed by atoms with Crippen LogP contribution in [0.2, 0.25) is 0 Å². The van der Waals surface area contributed by atoms with Gasteiger partial charge < -0.3 is 14.8 Å². The summed E-state index contributed by atoms with van der Waals surface area (Å²) in [6.45, 7) is 1.17. The SMILES string of the molecule is COC(=O)c1cccc(NC(=O)CN(c2ccc(Oc3ccccc3)cc2)S(=O)(=O)c2ccccc2)c1C. The third kappa shape index (κ3) is 6.01. The van der Waals surface area contributed by atoms with E-state index in [4.69, 9.17) is 9.47 Å². The number of nitrogens with zero attached hydrogens (tertiary/aromatic N) is 1. The molecule has 0 saturated carbocycles. The molecule has 8 nitrogen and oxygen atoms in total. The number of carbonyl (C=O) groups excluding carboxylic acids is 2. The molecule has 0 aliphatic carbocycles. The van der Waals surface area contributed by atoms with Gasteiger partial charge in [0, 0.05) is 5.69 Å². The number of rotatable bonds is 9. The van der Waals surface area contributed by atoms with Gasteiger partial charge >= 0.3 is 5.97 Å². The fourth-order valence-corrected chi connectivity index (χ4v) is 5.20. The largest absolute Gasteiger partial charge is 0.465 e. The molecule has 0 bridgehead atoms. The highest BCUT2D eigenvalue weighted by Gasteiger charge is 2.27. The van der Waals surface area contributed by atoms with E-state index in [1.54, 1.807) is 67.6 Å². The number of hydrogen-bond acceptors (Lipinski definition) is 6. The van der Waals surface area contributed by atoms with Crippen molar-refractivity contribution in [1.82, 2.24) is 0 Å². The number of benzene rings is 4. The number of methoxy groups -OCH3 is 1. The summed E-state index contributed by atoms with van der Waals surface area (Å²) in [6, 6.07) is 28.3. The zero-order chi connectivity index (χ0) is 27.1. The smallest absolute Gasteiger partial charge is 0.338 e. The second-order valence-corrected chi connectivity index (χ2v) is 10.1. The van der Waals surface area contributed by atoms with Gasteiger partial charge in [-0.25, -0.2) is 13.2 Å². The van der Waals surface area contributed by atoms with Crippen molar-refractivity contribution >= 4 is 33.3 Å². The molecule has 1 N–H and O–H groups in total. The van der Waals surface area contributed by atoms with Crippen LogP contribution in [0, 0.1) is 6.92 Å². The number of carbonyl (C=O) groups is 2. The van der Waals surface area contributed by atoms with E-state index in [-0.39, 0.29) is 10.6 Å². The second-order valence-electron chi connectivity index (χ2n) is 8.25. The minimum absolute atomic E-state index is 0.0429. The molecule has 0 fully saturated rings. The summed E-state index contributed by atoms with van der Waals surface area (Å²) in [5, 5.41) is 2.72. The quantitative estimate of drug-likeness (QED) is 0.291. The lowest BCUT2D eigenvalue weighted by Gasteiger charge is -2.24. The lowest BCUT2D eigenvalue weighted by Crippen LogP contribution is -2.38. The van der Waals surface area contributed by atoms with Crippen LogP contribution in [0.15, 0.2) is 108 Å². The third-order valence-corrected chi connectivity index (χ3v) is 7.52. The lowest BCUT2D eigenvalue weighted by molar-refractivity contribution is -0.114. The first-order chi connectivity index (χ1) is 18.3. The van der Waals surface area contributed by atoms with E-state index in [0.29, 0.717) is 28.3 Å². The Morgan fingerprint density at radius 3 is 2.03 bits per heavy atom. The minimum atomic E-state index is -4.09. The number of amides is 1. The Balaban J connectivity index is 1.62. The molecule has 9 heteroatoms. The standard InChI is InChI=1S/C29H26N2O6S/c1-21-26(29(33)36-2)14-9-15-27(21)30-28(32)20-31(38(34,35)25-12-7-4-8-13-25)22-16-18-24(19-17-22)37-23-10-5-3-6-11-23/h3-19H,20H2,1-2H3,(H,30,32). The molecule has 0 aliphatic rings. The predicted molar refractivity (Wildman–Crippen MR) is 145 cm³/mol. The van der Waals surface area contributed by atoms with Gasteiger partial charge in [-0.05, 0) is 73.2 Å². The van der Waals surface area contributed by atoms with Crippen LogP contribution in [0.4, 0.5) is 11.4 Å². The first kappa shape index (κ1) is 26.4. The molecular weight excluding hydrogens is 504 g/mol. The van der Waals surface area contributed by atoms with Crippen LogP contribution >= 0.6 is 0 Å². The molecule has 0 spiro atoms. The van der Waals surface area contributed by atoms with Crippen molar-refractivity contribution in [3.05, 3.63) is 114 Å². The van der Waals surface area contributed by atoms with Crippen LogP contribution in [0.25, 0.3) is 0 Å². The number of hydrogen-bond donors (Lipinski definition) is 1. The van der Waals surface area contributed by atoms with E-state index < -0.39 is 28.4 Å². The van der Waals surface area contributed by atoms with Gasteiger partial charge in [0.15, 0.2) is 0 Å². The van der Waals surface area contributed by atoms with E-state index in [0.717, 1.165) is 4.31 Å². The Kier molecular flexibility index (Phi) is 8.08. The van der Waals surface area contributed by atoms with E-state index in [9.17, 15) is 18.0 Å². The fraction of sp³-hybridized carbons (Fsp3) is 0.103. The number of para-hydroxylation sites is 1. The third-order valence-electron chi connectivity index (χ3n) is 5.74. The van der Waals surface area contributed by atoms with Gasteiger partial charge in [-0.3, -0.25) is 9.10 Å². The van der Waals surface area contributed by atoms with E-state index in [1.807, 2.05) is 30.3 Å². The summed E-state index contributed by atoms with van der Waals surface area (Å²) >= 11 is 0. The maximum absolute atomic E-state index is 13.6. The summed E-state index contributed by atoms with van der Waals surface area (Å²) < 4.78 is 38.8. The second kappa shape index (κ2) is 11.6. The number of sulfonamides is 1. The number of nitrogens with one attached hydrogen (secondary N) is 1. The maximum Gasteiger partial charge on any atom is 0.338 e. The molecule has 1 amide bonds. The van der Waals surface area contributed by atoms with Crippen LogP contribution < -0.4 is 14.4 Å². The van der Waals surface area contributed by atoms with Gasteiger partial charge in [0.25, 0.3) is 10.0 Å². The van der Waals surface area contributed by atoms with E-state index in [1.165, 1.54) is 19.2 Å². The van der Waals surface area contributed by atoms with Crippen molar-refractivity contribution in [1.29, 1.82) is 0 Å². The molecule has 194 valence electrons. The average molecular weight is 531 g/mol. The summed E-state index contributed by atoms with van der Waals surface area (Å²) in [4.78, 5) is 25.2. The predicted octanol–water partition coefficient (Wildman–Crippen LogP) is 5.41. The zero-order valence-corrected chi connectivity index (χ0v) is 21.6. The molecule has 4 aromatic carbocycles. The zero-order valence-electron chi connectivity index (χ0n) is 20.8. The number of esters is 1. The maximum atomic E-state index is 13.6. The molecule has 0 aliphatic heterocycles. The van der Waals surface area contributed by atoms with Gasteiger partial charge in [-0.1, -0.05) is 42.5 Å². The van der Waals surface area contributed by atoms with Crippen LogP contribution in [0.1, 0.15) is 15.9 Å². The summed E-state index contributed by atoms with van der Waals surface area (Å²) in [6.07, 6.45) is 0. The molecule has 38 heavy (non-hydrogen) atoms. The monoisotopic (exact) mass is 530 g/mol. The summed E-state index contributed by atoms with van der Waals surface area (Å²) in [5.41, 5.74) is 1.46. The molecule has 4 aromatic rings. The Morgan fingerprint density at radius 2 is 1.39 bits per heavy atom. The number of anilines is 2. The first-order valence-electron chi connectivity index (χ1n) is 11.7. The minimum Gasteiger partial charge on any atom is -0.465 e. The van der Waals surface area contributed by atoms with Gasteiger partial charge in [-0.15, -0.1) is 0 Å². The molecular formula is C29H26N2O6S. The molecule has 0 unspecified atom stereocenters. The molecule has 0 radical (unpaired) electrons.